The van der Waals surface area contributed by atoms with Crippen LogP contribution in [0.5, 0.6) is 0 Å². The van der Waals surface area contributed by atoms with Gasteiger partial charge in [-0.1, -0.05) is 12.1 Å². The second-order valence-electron chi connectivity index (χ2n) is 3.68. The summed E-state index contributed by atoms with van der Waals surface area (Å²) in [5.74, 6) is 7.24. The average Bonchev–Trinajstić information content (AvgIpc) is 2.34. The molecule has 1 saturated heterocycles. The summed E-state index contributed by atoms with van der Waals surface area (Å²) < 4.78 is 18.5. The van der Waals surface area contributed by atoms with E-state index in [4.69, 9.17) is 10.6 Å². The Morgan fingerprint density at radius 3 is 2.75 bits per heavy atom. The minimum Gasteiger partial charge on any atom is -0.374 e. The topological polar surface area (TPSA) is 47.3 Å². The second kappa shape index (κ2) is 5.63. The molecule has 0 radical (unpaired) electrons. The molecular formula is C11H15FN2OS. The van der Waals surface area contributed by atoms with Crippen LogP contribution in [-0.4, -0.2) is 24.2 Å². The number of hydrazine groups is 1. The van der Waals surface area contributed by atoms with E-state index in [-0.39, 0.29) is 18.0 Å². The number of halogens is 1. The molecule has 1 aliphatic rings. The fraction of sp³-hybridized carbons (Fsp3) is 0.455. The molecule has 16 heavy (non-hydrogen) atoms. The summed E-state index contributed by atoms with van der Waals surface area (Å²) in [5, 5.41) is 0. The smallest absolute Gasteiger partial charge is 0.123 e. The molecule has 1 heterocycles. The molecule has 3 N–H and O–H groups in total. The molecule has 0 bridgehead atoms. The molecule has 0 aliphatic carbocycles. The van der Waals surface area contributed by atoms with Gasteiger partial charge in [-0.05, 0) is 17.7 Å². The lowest BCUT2D eigenvalue weighted by molar-refractivity contribution is 0.0468. The van der Waals surface area contributed by atoms with Crippen LogP contribution in [-0.2, 0) is 4.74 Å². The third kappa shape index (κ3) is 2.74. The highest BCUT2D eigenvalue weighted by Crippen LogP contribution is 2.25. The summed E-state index contributed by atoms with van der Waals surface area (Å²) in [7, 11) is 0. The highest BCUT2D eigenvalue weighted by atomic mass is 32.2. The summed E-state index contributed by atoms with van der Waals surface area (Å²) in [4.78, 5) is 0. The lowest BCUT2D eigenvalue weighted by Crippen LogP contribution is -2.41. The van der Waals surface area contributed by atoms with Crippen molar-refractivity contribution in [1.82, 2.24) is 5.43 Å². The zero-order chi connectivity index (χ0) is 11.4. The van der Waals surface area contributed by atoms with E-state index < -0.39 is 0 Å². The zero-order valence-electron chi connectivity index (χ0n) is 8.86. The van der Waals surface area contributed by atoms with Crippen LogP contribution >= 0.6 is 11.8 Å². The van der Waals surface area contributed by atoms with Gasteiger partial charge in [-0.2, -0.15) is 11.8 Å². The molecule has 1 fully saturated rings. The molecule has 0 spiro atoms. The number of rotatable bonds is 3. The second-order valence-corrected chi connectivity index (χ2v) is 4.83. The number of benzene rings is 1. The Bertz CT molecular complexity index is 327. The first-order chi connectivity index (χ1) is 7.81. The van der Waals surface area contributed by atoms with Crippen LogP contribution in [0, 0.1) is 5.82 Å². The molecule has 88 valence electrons. The van der Waals surface area contributed by atoms with Gasteiger partial charge in [-0.15, -0.1) is 0 Å². The largest absolute Gasteiger partial charge is 0.374 e. The van der Waals surface area contributed by atoms with Crippen molar-refractivity contribution in [1.29, 1.82) is 0 Å². The number of thioether (sulfide) groups is 1. The van der Waals surface area contributed by atoms with Gasteiger partial charge in [0.25, 0.3) is 0 Å². The number of ether oxygens (including phenoxy) is 1. The van der Waals surface area contributed by atoms with Crippen LogP contribution in [0.1, 0.15) is 11.6 Å². The molecular weight excluding hydrogens is 227 g/mol. The fourth-order valence-corrected chi connectivity index (χ4v) is 2.69. The SMILES string of the molecule is NNC(c1ccc(F)cc1)C1CSCCO1. The first kappa shape index (κ1) is 11.9. The predicted molar refractivity (Wildman–Crippen MR) is 63.5 cm³/mol. The summed E-state index contributed by atoms with van der Waals surface area (Å²) in [6.45, 7) is 0.745. The Morgan fingerprint density at radius 1 is 1.44 bits per heavy atom. The van der Waals surface area contributed by atoms with Crippen LogP contribution in [0.4, 0.5) is 4.39 Å². The van der Waals surface area contributed by atoms with Gasteiger partial charge in [0.15, 0.2) is 0 Å². The fourth-order valence-electron chi connectivity index (χ4n) is 1.79. The third-order valence-electron chi connectivity index (χ3n) is 2.62. The Morgan fingerprint density at radius 2 is 2.19 bits per heavy atom. The quantitative estimate of drug-likeness (QED) is 0.622. The molecule has 2 rings (SSSR count). The molecule has 2 atom stereocenters. The van der Waals surface area contributed by atoms with Crippen molar-refractivity contribution in [3.05, 3.63) is 35.6 Å². The van der Waals surface area contributed by atoms with Crippen LogP contribution in [0.25, 0.3) is 0 Å². The van der Waals surface area contributed by atoms with E-state index in [1.165, 1.54) is 12.1 Å². The van der Waals surface area contributed by atoms with E-state index in [0.29, 0.717) is 0 Å². The zero-order valence-corrected chi connectivity index (χ0v) is 9.67. The van der Waals surface area contributed by atoms with Gasteiger partial charge in [-0.25, -0.2) is 4.39 Å². The van der Waals surface area contributed by atoms with Gasteiger partial charge in [-0.3, -0.25) is 11.3 Å². The highest BCUT2D eigenvalue weighted by molar-refractivity contribution is 7.99. The van der Waals surface area contributed by atoms with E-state index in [9.17, 15) is 4.39 Å². The van der Waals surface area contributed by atoms with E-state index in [1.54, 1.807) is 12.1 Å². The minimum atomic E-state index is -0.238. The molecule has 3 nitrogen and oxygen atoms in total. The molecule has 2 unspecified atom stereocenters. The van der Waals surface area contributed by atoms with Crippen molar-refractivity contribution in [2.24, 2.45) is 5.84 Å². The van der Waals surface area contributed by atoms with E-state index in [1.807, 2.05) is 11.8 Å². The molecule has 1 aromatic rings. The summed E-state index contributed by atoms with van der Waals surface area (Å²) >= 11 is 1.85. The van der Waals surface area contributed by atoms with Gasteiger partial charge in [0.2, 0.25) is 0 Å². The van der Waals surface area contributed by atoms with Gasteiger partial charge in [0, 0.05) is 11.5 Å². The molecule has 1 aliphatic heterocycles. The molecule has 1 aromatic carbocycles. The van der Waals surface area contributed by atoms with Crippen LogP contribution in [0.15, 0.2) is 24.3 Å². The normalized spacial score (nSPS) is 23.0. The Labute approximate surface area is 98.5 Å². The summed E-state index contributed by atoms with van der Waals surface area (Å²) in [5.41, 5.74) is 3.70. The van der Waals surface area contributed by atoms with E-state index in [2.05, 4.69) is 5.43 Å². The van der Waals surface area contributed by atoms with Crippen molar-refractivity contribution in [2.45, 2.75) is 12.1 Å². The highest BCUT2D eigenvalue weighted by Gasteiger charge is 2.25. The standard InChI is InChI=1S/C11H15FN2OS/c12-9-3-1-8(2-4-9)11(14-13)10-7-16-6-5-15-10/h1-4,10-11,14H,5-7,13H2. The number of hydrogen-bond donors (Lipinski definition) is 2. The number of hydrogen-bond acceptors (Lipinski definition) is 4. The lowest BCUT2D eigenvalue weighted by atomic mass is 10.0. The van der Waals surface area contributed by atoms with Gasteiger partial charge in [0.05, 0.1) is 18.8 Å². The Balaban J connectivity index is 2.11. The Kier molecular flexibility index (Phi) is 4.17. The first-order valence-electron chi connectivity index (χ1n) is 5.22. The van der Waals surface area contributed by atoms with Gasteiger partial charge in [0.1, 0.15) is 5.82 Å². The van der Waals surface area contributed by atoms with Crippen molar-refractivity contribution in [2.75, 3.05) is 18.1 Å². The van der Waals surface area contributed by atoms with Crippen molar-refractivity contribution in [3.8, 4) is 0 Å². The van der Waals surface area contributed by atoms with E-state index >= 15 is 0 Å². The minimum absolute atomic E-state index is 0.0502. The molecule has 5 heteroatoms. The third-order valence-corrected chi connectivity index (χ3v) is 3.64. The number of nitrogens with two attached hydrogens (primary N) is 1. The van der Waals surface area contributed by atoms with Crippen LogP contribution < -0.4 is 11.3 Å². The van der Waals surface area contributed by atoms with E-state index in [0.717, 1.165) is 23.7 Å². The van der Waals surface area contributed by atoms with Crippen molar-refractivity contribution in [3.63, 3.8) is 0 Å². The Hall–Kier alpha value is -0.620. The van der Waals surface area contributed by atoms with Gasteiger partial charge >= 0.3 is 0 Å². The van der Waals surface area contributed by atoms with Crippen molar-refractivity contribution >= 4 is 11.8 Å². The number of nitrogens with one attached hydrogen (secondary N) is 1. The first-order valence-corrected chi connectivity index (χ1v) is 6.37. The average molecular weight is 242 g/mol. The monoisotopic (exact) mass is 242 g/mol. The molecule has 0 amide bonds. The summed E-state index contributed by atoms with van der Waals surface area (Å²) in [6.07, 6.45) is 0.0502. The van der Waals surface area contributed by atoms with Gasteiger partial charge < -0.3 is 4.74 Å². The van der Waals surface area contributed by atoms with Crippen LogP contribution in [0.2, 0.25) is 0 Å². The van der Waals surface area contributed by atoms with Crippen molar-refractivity contribution < 1.29 is 9.13 Å². The predicted octanol–water partition coefficient (Wildman–Crippen LogP) is 1.46. The maximum Gasteiger partial charge on any atom is 0.123 e. The molecule has 0 aromatic heterocycles. The van der Waals surface area contributed by atoms with Crippen LogP contribution in [0.3, 0.4) is 0 Å². The maximum absolute atomic E-state index is 12.8. The summed E-state index contributed by atoms with van der Waals surface area (Å²) in [6, 6.07) is 6.28. The lowest BCUT2D eigenvalue weighted by Gasteiger charge is -2.29. The maximum atomic E-state index is 12.8. The molecule has 0 saturated carbocycles.